The number of para-hydroxylation sites is 1. The van der Waals surface area contributed by atoms with E-state index in [1.165, 1.54) is 20.6 Å². The van der Waals surface area contributed by atoms with Crippen molar-refractivity contribution in [2.45, 2.75) is 13.8 Å². The zero-order chi connectivity index (χ0) is 15.5. The van der Waals surface area contributed by atoms with Crippen molar-refractivity contribution in [3.63, 3.8) is 0 Å². The lowest BCUT2D eigenvalue weighted by atomic mass is 10.2. The summed E-state index contributed by atoms with van der Waals surface area (Å²) in [5.41, 5.74) is 5.74. The molecule has 0 spiro atoms. The third-order valence-corrected chi connectivity index (χ3v) is 4.38. The van der Waals surface area contributed by atoms with Gasteiger partial charge in [-0.25, -0.2) is 0 Å². The zero-order valence-corrected chi connectivity index (χ0v) is 14.8. The van der Waals surface area contributed by atoms with Gasteiger partial charge in [-0.3, -0.25) is 4.99 Å². The van der Waals surface area contributed by atoms with Crippen LogP contribution in [0.2, 0.25) is 0 Å². The van der Waals surface area contributed by atoms with Gasteiger partial charge >= 0.3 is 0 Å². The Balaban J connectivity index is 1.97. The first-order chi connectivity index (χ1) is 10.6. The van der Waals surface area contributed by atoms with Gasteiger partial charge in [0.25, 0.3) is 0 Å². The van der Waals surface area contributed by atoms with E-state index in [9.17, 15) is 0 Å². The van der Waals surface area contributed by atoms with Gasteiger partial charge < -0.3 is 4.57 Å². The molecule has 0 unspecified atom stereocenters. The maximum absolute atomic E-state index is 4.56. The average Bonchev–Trinajstić information content (AvgIpc) is 2.82. The molecule has 3 heteroatoms. The molecule has 1 heterocycles. The Bertz CT molecular complexity index is 799. The van der Waals surface area contributed by atoms with E-state index in [4.69, 9.17) is 0 Å². The summed E-state index contributed by atoms with van der Waals surface area (Å²) in [5, 5.41) is 0. The average molecular weight is 400 g/mol. The molecule has 2 aromatic carbocycles. The van der Waals surface area contributed by atoms with Gasteiger partial charge in [-0.15, -0.1) is 0 Å². The van der Waals surface area contributed by atoms with Crippen LogP contribution in [0.5, 0.6) is 0 Å². The predicted octanol–water partition coefficient (Wildman–Crippen LogP) is 5.45. The Morgan fingerprint density at radius 2 is 1.64 bits per heavy atom. The van der Waals surface area contributed by atoms with Crippen LogP contribution in [-0.2, 0) is 0 Å². The summed E-state index contributed by atoms with van der Waals surface area (Å²) in [5.74, 6) is 0. The van der Waals surface area contributed by atoms with Crippen LogP contribution in [0.15, 0.2) is 65.7 Å². The van der Waals surface area contributed by atoms with Crippen molar-refractivity contribution in [3.05, 3.63) is 81.2 Å². The first-order valence-electron chi connectivity index (χ1n) is 7.19. The van der Waals surface area contributed by atoms with E-state index in [0.29, 0.717) is 0 Å². The molecular formula is C19H17IN2. The summed E-state index contributed by atoms with van der Waals surface area (Å²) in [6, 6.07) is 20.8. The minimum Gasteiger partial charge on any atom is -0.318 e. The molecule has 0 saturated heterocycles. The van der Waals surface area contributed by atoms with Gasteiger partial charge in [0.2, 0.25) is 0 Å². The second-order valence-corrected chi connectivity index (χ2v) is 6.48. The predicted molar refractivity (Wildman–Crippen MR) is 102 cm³/mol. The van der Waals surface area contributed by atoms with Crippen molar-refractivity contribution >= 4 is 34.5 Å². The second-order valence-electron chi connectivity index (χ2n) is 5.23. The normalized spacial score (nSPS) is 11.2. The Kier molecular flexibility index (Phi) is 4.43. The van der Waals surface area contributed by atoms with Crippen molar-refractivity contribution in [2.24, 2.45) is 4.99 Å². The summed E-state index contributed by atoms with van der Waals surface area (Å²) < 4.78 is 3.51. The third-order valence-electron chi connectivity index (χ3n) is 3.66. The lowest BCUT2D eigenvalue weighted by Crippen LogP contribution is -1.99. The van der Waals surface area contributed by atoms with E-state index in [2.05, 4.69) is 76.3 Å². The third kappa shape index (κ3) is 3.14. The van der Waals surface area contributed by atoms with E-state index in [1.807, 2.05) is 36.5 Å². The molecule has 0 radical (unpaired) electrons. The smallest absolute Gasteiger partial charge is 0.0629 e. The number of aliphatic imine (C=N–C) groups is 1. The number of aryl methyl sites for hydroxylation is 1. The number of halogens is 1. The zero-order valence-electron chi connectivity index (χ0n) is 12.6. The van der Waals surface area contributed by atoms with Crippen LogP contribution in [0, 0.1) is 17.4 Å². The maximum Gasteiger partial charge on any atom is 0.0629 e. The van der Waals surface area contributed by atoms with Gasteiger partial charge in [0.15, 0.2) is 0 Å². The molecule has 0 amide bonds. The molecule has 0 fully saturated rings. The van der Waals surface area contributed by atoms with Gasteiger partial charge in [0, 0.05) is 32.4 Å². The Morgan fingerprint density at radius 1 is 0.955 bits per heavy atom. The minimum atomic E-state index is 0.974. The molecule has 0 atom stereocenters. The molecule has 1 aromatic heterocycles. The summed E-state index contributed by atoms with van der Waals surface area (Å²) in [6.45, 7) is 4.27. The van der Waals surface area contributed by atoms with Gasteiger partial charge in [-0.05, 0) is 78.9 Å². The molecule has 0 bridgehead atoms. The van der Waals surface area contributed by atoms with Crippen molar-refractivity contribution in [3.8, 4) is 5.69 Å². The number of rotatable bonds is 3. The van der Waals surface area contributed by atoms with E-state index in [-0.39, 0.29) is 0 Å². The monoisotopic (exact) mass is 400 g/mol. The molecule has 3 rings (SSSR count). The molecule has 0 aliphatic rings. The molecule has 0 N–H and O–H groups in total. The van der Waals surface area contributed by atoms with Crippen molar-refractivity contribution in [1.82, 2.24) is 4.57 Å². The van der Waals surface area contributed by atoms with E-state index < -0.39 is 0 Å². The molecule has 0 aliphatic carbocycles. The van der Waals surface area contributed by atoms with Crippen LogP contribution in [0.1, 0.15) is 17.0 Å². The van der Waals surface area contributed by atoms with E-state index >= 15 is 0 Å². The number of aromatic nitrogens is 1. The Morgan fingerprint density at radius 3 is 2.32 bits per heavy atom. The lowest BCUT2D eigenvalue weighted by molar-refractivity contribution is 0.964. The maximum atomic E-state index is 4.56. The van der Waals surface area contributed by atoms with Crippen molar-refractivity contribution in [1.29, 1.82) is 0 Å². The summed E-state index contributed by atoms with van der Waals surface area (Å²) in [7, 11) is 0. The Hall–Kier alpha value is -1.88. The largest absolute Gasteiger partial charge is 0.318 e. The molecule has 2 nitrogen and oxygen atoms in total. The standard InChI is InChI=1S/C19H17IN2/c1-14-12-16(13-21-18-6-4-3-5-7-18)15(2)22(14)19-10-8-17(20)9-11-19/h3-13H,1-2H3. The van der Waals surface area contributed by atoms with E-state index in [1.54, 1.807) is 0 Å². The van der Waals surface area contributed by atoms with Crippen LogP contribution in [0.4, 0.5) is 5.69 Å². The van der Waals surface area contributed by atoms with E-state index in [0.717, 1.165) is 11.3 Å². The fraction of sp³-hybridized carbons (Fsp3) is 0.105. The summed E-state index contributed by atoms with van der Waals surface area (Å²) in [6.07, 6.45) is 1.95. The molecule has 0 saturated carbocycles. The SMILES string of the molecule is Cc1cc(C=Nc2ccccc2)c(C)n1-c1ccc(I)cc1. The minimum absolute atomic E-state index is 0.974. The number of benzene rings is 2. The van der Waals surface area contributed by atoms with Gasteiger partial charge in [-0.1, -0.05) is 18.2 Å². The van der Waals surface area contributed by atoms with Crippen molar-refractivity contribution < 1.29 is 0 Å². The quantitative estimate of drug-likeness (QED) is 0.411. The molecule has 22 heavy (non-hydrogen) atoms. The van der Waals surface area contributed by atoms with Crippen molar-refractivity contribution in [2.75, 3.05) is 0 Å². The first kappa shape index (κ1) is 15.0. The highest BCUT2D eigenvalue weighted by molar-refractivity contribution is 14.1. The number of hydrogen-bond acceptors (Lipinski definition) is 1. The van der Waals surface area contributed by atoms with Crippen LogP contribution in [-0.4, -0.2) is 10.8 Å². The first-order valence-corrected chi connectivity index (χ1v) is 8.27. The molecule has 3 aromatic rings. The molecule has 0 aliphatic heterocycles. The fourth-order valence-electron chi connectivity index (χ4n) is 2.56. The highest BCUT2D eigenvalue weighted by atomic mass is 127. The van der Waals surface area contributed by atoms with Gasteiger partial charge in [-0.2, -0.15) is 0 Å². The second kappa shape index (κ2) is 6.48. The lowest BCUT2D eigenvalue weighted by Gasteiger charge is -2.09. The highest BCUT2D eigenvalue weighted by Gasteiger charge is 2.09. The van der Waals surface area contributed by atoms with Crippen LogP contribution < -0.4 is 0 Å². The van der Waals surface area contributed by atoms with Gasteiger partial charge in [0.05, 0.1) is 5.69 Å². The fourth-order valence-corrected chi connectivity index (χ4v) is 2.92. The topological polar surface area (TPSA) is 17.3 Å². The highest BCUT2D eigenvalue weighted by Crippen LogP contribution is 2.21. The van der Waals surface area contributed by atoms with Gasteiger partial charge in [0.1, 0.15) is 0 Å². The Labute approximate surface area is 144 Å². The summed E-state index contributed by atoms with van der Waals surface area (Å²) >= 11 is 2.33. The van der Waals surface area contributed by atoms with Crippen LogP contribution in [0.3, 0.4) is 0 Å². The molecule has 110 valence electrons. The molecular weight excluding hydrogens is 383 g/mol. The number of hydrogen-bond donors (Lipinski definition) is 0. The number of nitrogens with zero attached hydrogens (tertiary/aromatic N) is 2. The van der Waals surface area contributed by atoms with Crippen LogP contribution >= 0.6 is 22.6 Å². The summed E-state index contributed by atoms with van der Waals surface area (Å²) in [4.78, 5) is 4.56. The van der Waals surface area contributed by atoms with Crippen LogP contribution in [0.25, 0.3) is 5.69 Å².